The van der Waals surface area contributed by atoms with Crippen LogP contribution in [0.25, 0.3) is 21.7 Å². The fourth-order valence-electron chi connectivity index (χ4n) is 7.52. The van der Waals surface area contributed by atoms with Crippen LogP contribution in [0.4, 0.5) is 4.79 Å². The minimum Gasteiger partial charge on any atom is -0.472 e. The highest BCUT2D eigenvalue weighted by atomic mass is 32.2. The van der Waals surface area contributed by atoms with Gasteiger partial charge in [-0.15, -0.1) is 11.3 Å². The number of nitrogens with zero attached hydrogens (tertiary/aromatic N) is 2. The van der Waals surface area contributed by atoms with Crippen molar-refractivity contribution in [1.29, 1.82) is 0 Å². The third kappa shape index (κ3) is 7.09. The predicted octanol–water partition coefficient (Wildman–Crippen LogP) is 4.56. The van der Waals surface area contributed by atoms with E-state index in [2.05, 4.69) is 15.4 Å². The minimum atomic E-state index is -4.17. The monoisotopic (exact) mass is 733 g/mol. The van der Waals surface area contributed by atoms with Crippen molar-refractivity contribution < 1.29 is 37.4 Å². The van der Waals surface area contributed by atoms with Crippen LogP contribution in [0.5, 0.6) is 5.88 Å². The molecule has 2 aromatic heterocycles. The van der Waals surface area contributed by atoms with Crippen molar-refractivity contribution in [2.75, 3.05) is 6.54 Å². The molecule has 0 bridgehead atoms. The number of benzene rings is 2. The van der Waals surface area contributed by atoms with Gasteiger partial charge in [-0.25, -0.2) is 22.9 Å². The molecule has 3 aliphatic rings. The molecular formula is C36H39N5O8S2. The van der Waals surface area contributed by atoms with Gasteiger partial charge in [0.2, 0.25) is 17.7 Å². The summed E-state index contributed by atoms with van der Waals surface area (Å²) in [6.07, 6.45) is 2.92. The van der Waals surface area contributed by atoms with Gasteiger partial charge in [-0.05, 0) is 54.1 Å². The van der Waals surface area contributed by atoms with Crippen LogP contribution in [-0.2, 0) is 24.4 Å². The van der Waals surface area contributed by atoms with E-state index in [0.717, 1.165) is 53.2 Å². The number of amides is 4. The summed E-state index contributed by atoms with van der Waals surface area (Å²) in [6, 6.07) is 16.1. The van der Waals surface area contributed by atoms with Crippen LogP contribution in [0, 0.1) is 5.92 Å². The number of carboxylic acid groups (broad SMARTS) is 1. The Morgan fingerprint density at radius 1 is 0.941 bits per heavy atom. The third-order valence-corrected chi connectivity index (χ3v) is 12.9. The van der Waals surface area contributed by atoms with Crippen molar-refractivity contribution in [2.24, 2.45) is 5.92 Å². The van der Waals surface area contributed by atoms with Gasteiger partial charge in [0.1, 0.15) is 27.9 Å². The van der Waals surface area contributed by atoms with Gasteiger partial charge in [0.15, 0.2) is 0 Å². The van der Waals surface area contributed by atoms with Gasteiger partial charge in [0.05, 0.1) is 12.1 Å². The normalized spacial score (nSPS) is 25.9. The van der Waals surface area contributed by atoms with Gasteiger partial charge in [-0.3, -0.25) is 14.4 Å². The molecule has 4 heterocycles. The number of ether oxygens (including phenoxy) is 1. The summed E-state index contributed by atoms with van der Waals surface area (Å²) < 4.78 is 34.8. The second kappa shape index (κ2) is 14.1. The second-order valence-electron chi connectivity index (χ2n) is 13.5. The van der Waals surface area contributed by atoms with Crippen LogP contribution in [0.3, 0.4) is 0 Å². The number of rotatable bonds is 6. The molecule has 2 saturated heterocycles. The lowest BCUT2D eigenvalue weighted by atomic mass is 10.0. The van der Waals surface area contributed by atoms with Gasteiger partial charge in [0, 0.05) is 17.2 Å². The Morgan fingerprint density at radius 2 is 1.65 bits per heavy atom. The van der Waals surface area contributed by atoms with E-state index in [4.69, 9.17) is 9.72 Å². The molecule has 4 N–H and O–H groups in total. The molecule has 51 heavy (non-hydrogen) atoms. The van der Waals surface area contributed by atoms with Crippen LogP contribution >= 0.6 is 11.3 Å². The molecule has 5 atom stereocenters. The fraction of sp³-hybridized carbons (Fsp3) is 0.417. The van der Waals surface area contributed by atoms with Crippen molar-refractivity contribution in [3.63, 3.8) is 0 Å². The average molecular weight is 734 g/mol. The van der Waals surface area contributed by atoms with E-state index in [-0.39, 0.29) is 35.9 Å². The zero-order valence-corrected chi connectivity index (χ0v) is 29.4. The highest BCUT2D eigenvalue weighted by Crippen LogP contribution is 2.48. The topological polar surface area (TPSA) is 184 Å². The lowest BCUT2D eigenvalue weighted by Crippen LogP contribution is -2.58. The molecule has 7 rings (SSSR count). The highest BCUT2D eigenvalue weighted by Gasteiger charge is 2.62. The maximum absolute atomic E-state index is 14.3. The Morgan fingerprint density at radius 3 is 2.39 bits per heavy atom. The molecule has 4 aromatic rings. The summed E-state index contributed by atoms with van der Waals surface area (Å²) in [5.74, 6) is -1.99. The fourth-order valence-corrected chi connectivity index (χ4v) is 9.55. The van der Waals surface area contributed by atoms with Gasteiger partial charge in [-0.2, -0.15) is 0 Å². The Kier molecular flexibility index (Phi) is 9.59. The molecule has 0 radical (unpaired) electrons. The van der Waals surface area contributed by atoms with Crippen molar-refractivity contribution >= 4 is 66.9 Å². The summed E-state index contributed by atoms with van der Waals surface area (Å²) in [6.45, 7) is -0.0348. The zero-order valence-electron chi connectivity index (χ0n) is 27.7. The van der Waals surface area contributed by atoms with E-state index in [1.807, 2.05) is 48.5 Å². The number of sulfonamides is 1. The number of nitrogens with one attached hydrogen (secondary N) is 3. The Bertz CT molecular complexity index is 2090. The molecule has 4 amide bonds. The molecule has 1 saturated carbocycles. The molecule has 2 aliphatic heterocycles. The van der Waals surface area contributed by atoms with Crippen LogP contribution < -0.4 is 20.1 Å². The predicted molar refractivity (Wildman–Crippen MR) is 190 cm³/mol. The first-order valence-corrected chi connectivity index (χ1v) is 19.6. The standard InChI is InChI=1S/C36H39N5O8S2/c42-31-29-19-23(49-32-26-14-7-6-12-24(26)25-13-8-9-15-27(25)37-32)21-41(29)33(43)28(38-35(45)46)16-5-3-1-2-4-11-22-20-36(22,39-31)34(44)40-51(47,48)30-17-10-18-50-30/h6-10,12-15,17-18,22-23,28-29,38H,1-5,11,16,19-21H2,(H,39,42)(H,40,44)(H,45,46)/t22-,23-,28+,29+,36-/m1/s1. The SMILES string of the molecule is O=C(O)N[C@H]1CCCCCCC[C@@H]2C[C@@]2(C(=O)NS(=O)(=O)c2cccs2)NC(=O)[C@@H]2C[C@@H](Oc3nc4ccccc4c4ccccc34)CN2C1=O. The number of para-hydroxylation sites is 1. The summed E-state index contributed by atoms with van der Waals surface area (Å²) >= 11 is 0.975. The summed E-state index contributed by atoms with van der Waals surface area (Å²) in [5, 5.41) is 19.1. The van der Waals surface area contributed by atoms with E-state index in [9.17, 15) is 32.7 Å². The van der Waals surface area contributed by atoms with Gasteiger partial charge in [0.25, 0.3) is 15.9 Å². The third-order valence-electron chi connectivity index (χ3n) is 10.2. The molecule has 3 fully saturated rings. The van der Waals surface area contributed by atoms with E-state index in [1.165, 1.54) is 11.0 Å². The first kappa shape index (κ1) is 34.7. The van der Waals surface area contributed by atoms with E-state index in [1.54, 1.807) is 11.4 Å². The summed E-state index contributed by atoms with van der Waals surface area (Å²) in [4.78, 5) is 60.1. The van der Waals surface area contributed by atoms with E-state index >= 15 is 0 Å². The first-order chi connectivity index (χ1) is 24.6. The highest BCUT2D eigenvalue weighted by molar-refractivity contribution is 7.92. The van der Waals surface area contributed by atoms with Crippen LogP contribution in [0.1, 0.15) is 57.8 Å². The minimum absolute atomic E-state index is 0.0210. The molecule has 2 aromatic carbocycles. The van der Waals surface area contributed by atoms with Crippen LogP contribution in [-0.4, -0.2) is 77.5 Å². The molecular weight excluding hydrogens is 695 g/mol. The quantitative estimate of drug-likeness (QED) is 0.206. The molecule has 13 nitrogen and oxygen atoms in total. The number of pyridine rings is 1. The average Bonchev–Trinajstić information content (AvgIpc) is 3.43. The summed E-state index contributed by atoms with van der Waals surface area (Å²) in [7, 11) is -4.17. The number of thiophene rings is 1. The van der Waals surface area contributed by atoms with Crippen LogP contribution in [0.2, 0.25) is 0 Å². The van der Waals surface area contributed by atoms with Crippen molar-refractivity contribution in [1.82, 2.24) is 25.2 Å². The molecule has 268 valence electrons. The lowest BCUT2D eigenvalue weighted by Gasteiger charge is -2.29. The number of hydrogen-bond acceptors (Lipinski definition) is 9. The van der Waals surface area contributed by atoms with Gasteiger partial charge < -0.3 is 25.4 Å². The molecule has 1 aliphatic carbocycles. The second-order valence-corrected chi connectivity index (χ2v) is 16.4. The zero-order chi connectivity index (χ0) is 35.8. The number of carbonyl (C=O) groups excluding carboxylic acids is 3. The van der Waals surface area contributed by atoms with Gasteiger partial charge in [-0.1, -0.05) is 74.6 Å². The Balaban J connectivity index is 1.21. The Hall–Kier alpha value is -4.76. The molecule has 15 heteroatoms. The molecule has 0 spiro atoms. The van der Waals surface area contributed by atoms with Gasteiger partial charge >= 0.3 is 6.09 Å². The van der Waals surface area contributed by atoms with Crippen molar-refractivity contribution in [3.05, 3.63) is 66.0 Å². The largest absolute Gasteiger partial charge is 0.472 e. The number of carbonyl (C=O) groups is 4. The maximum Gasteiger partial charge on any atom is 0.405 e. The Labute approximate surface area is 298 Å². The summed E-state index contributed by atoms with van der Waals surface area (Å²) in [5.41, 5.74) is -0.770. The number of aromatic nitrogens is 1. The number of hydrogen-bond donors (Lipinski definition) is 4. The van der Waals surface area contributed by atoms with Crippen molar-refractivity contribution in [2.45, 2.75) is 85.7 Å². The molecule has 0 unspecified atom stereocenters. The smallest absolute Gasteiger partial charge is 0.405 e. The van der Waals surface area contributed by atoms with Crippen molar-refractivity contribution in [3.8, 4) is 5.88 Å². The first-order valence-electron chi connectivity index (χ1n) is 17.2. The van der Waals surface area contributed by atoms with Crippen LogP contribution in [0.15, 0.2) is 70.3 Å². The number of fused-ring (bicyclic) bond motifs is 5. The maximum atomic E-state index is 14.3. The lowest BCUT2D eigenvalue weighted by molar-refractivity contribution is -0.141. The van der Waals surface area contributed by atoms with E-state index < -0.39 is 57.6 Å². The van der Waals surface area contributed by atoms with E-state index in [0.29, 0.717) is 24.2 Å².